The molecule has 40 heavy (non-hydrogen) atoms. The van der Waals surface area contributed by atoms with Gasteiger partial charge in [-0.05, 0) is 6.58 Å². The molecule has 2 amide bonds. The first-order chi connectivity index (χ1) is 18.6. The van der Waals surface area contributed by atoms with Gasteiger partial charge < -0.3 is 15.5 Å². The minimum atomic E-state index is -0.0463. The molecule has 0 atom stereocenters. The molecule has 0 aliphatic carbocycles. The normalized spacial score (nSPS) is 11.5. The number of rotatable bonds is 5. The molecular formula is C25H48N10O4S. The smallest absolute Gasteiger partial charge is 0.281 e. The van der Waals surface area contributed by atoms with Crippen LogP contribution in [0.5, 0.6) is 0 Å². The Bertz CT molecular complexity index is 1040. The lowest BCUT2D eigenvalue weighted by Gasteiger charge is -2.00. The highest BCUT2D eigenvalue weighted by atomic mass is 32.1. The summed E-state index contributed by atoms with van der Waals surface area (Å²) in [4.78, 5) is 40.3. The van der Waals surface area contributed by atoms with Gasteiger partial charge >= 0.3 is 0 Å². The number of nitrogens with one attached hydrogen (secondary N) is 5. The lowest BCUT2D eigenvalue weighted by Crippen LogP contribution is -2.22. The fourth-order valence-corrected chi connectivity index (χ4v) is 2.73. The molecule has 0 unspecified atom stereocenters. The summed E-state index contributed by atoms with van der Waals surface area (Å²) in [6.45, 7) is 23.0. The second-order valence-electron chi connectivity index (χ2n) is 9.87. The van der Waals surface area contributed by atoms with E-state index in [0.717, 1.165) is 23.4 Å². The number of hydroxylamine groups is 1. The Morgan fingerprint density at radius 2 is 1.40 bits per heavy atom. The second kappa shape index (κ2) is 21.2. The second-order valence-corrected chi connectivity index (χ2v) is 10.4. The molecule has 3 rings (SSSR count). The summed E-state index contributed by atoms with van der Waals surface area (Å²) < 4.78 is 6.41. The summed E-state index contributed by atoms with van der Waals surface area (Å²) in [5, 5.41) is 18.4. The van der Waals surface area contributed by atoms with Crippen molar-refractivity contribution in [3.05, 3.63) is 34.3 Å². The summed E-state index contributed by atoms with van der Waals surface area (Å²) in [5.41, 5.74) is 3.25. The van der Waals surface area contributed by atoms with Crippen LogP contribution in [-0.2, 0) is 14.4 Å². The zero-order chi connectivity index (χ0) is 31.4. The van der Waals surface area contributed by atoms with Gasteiger partial charge in [-0.3, -0.25) is 18.8 Å². The maximum atomic E-state index is 10.8. The Balaban J connectivity index is 0. The van der Waals surface area contributed by atoms with Gasteiger partial charge in [-0.1, -0.05) is 74.5 Å². The average Bonchev–Trinajstić information content (AvgIpc) is 3.66. The fraction of sp³-hybridized carbons (Fsp3) is 0.680. The van der Waals surface area contributed by atoms with Crippen LogP contribution in [0.15, 0.2) is 22.2 Å². The molecule has 228 valence electrons. The van der Waals surface area contributed by atoms with E-state index in [0.29, 0.717) is 23.4 Å². The molecule has 2 aromatic heterocycles. The monoisotopic (exact) mass is 584 g/mol. The highest BCUT2D eigenvalue weighted by Crippen LogP contribution is 2.07. The van der Waals surface area contributed by atoms with E-state index in [4.69, 9.17) is 4.84 Å². The molecule has 0 saturated heterocycles. The predicted octanol–water partition coefficient (Wildman–Crippen LogP) is 3.10. The van der Waals surface area contributed by atoms with Gasteiger partial charge in [-0.2, -0.15) is 14.6 Å². The van der Waals surface area contributed by atoms with Crippen molar-refractivity contribution < 1.29 is 14.4 Å². The molecule has 0 fully saturated rings. The van der Waals surface area contributed by atoms with Crippen LogP contribution in [0.3, 0.4) is 0 Å². The molecule has 0 aromatic carbocycles. The van der Waals surface area contributed by atoms with Gasteiger partial charge in [0.15, 0.2) is 5.82 Å². The van der Waals surface area contributed by atoms with E-state index in [1.807, 2.05) is 69.2 Å². The minimum Gasteiger partial charge on any atom is -0.361 e. The van der Waals surface area contributed by atoms with E-state index in [1.54, 1.807) is 14.1 Å². The lowest BCUT2D eigenvalue weighted by atomic mass is 10.2. The number of aromatic nitrogens is 6. The third-order valence-electron chi connectivity index (χ3n) is 4.55. The van der Waals surface area contributed by atoms with Crippen molar-refractivity contribution in [1.29, 1.82) is 0 Å². The number of nitrogens with zero attached hydrogens (tertiary/aromatic N) is 5. The Morgan fingerprint density at radius 3 is 1.55 bits per heavy atom. The van der Waals surface area contributed by atoms with Gasteiger partial charge in [0.1, 0.15) is 11.5 Å². The number of carbonyl (C=O) groups excluding carboxylic acids is 2. The van der Waals surface area contributed by atoms with Crippen molar-refractivity contribution >= 4 is 29.4 Å². The summed E-state index contributed by atoms with van der Waals surface area (Å²) in [6.07, 6.45) is 0. The Hall–Kier alpha value is -3.62. The van der Waals surface area contributed by atoms with Crippen LogP contribution in [0.1, 0.15) is 92.6 Å². The van der Waals surface area contributed by atoms with Crippen LogP contribution in [0.2, 0.25) is 0 Å². The van der Waals surface area contributed by atoms with Crippen molar-refractivity contribution in [3.8, 4) is 0 Å². The van der Waals surface area contributed by atoms with E-state index in [9.17, 15) is 14.4 Å². The van der Waals surface area contributed by atoms with E-state index >= 15 is 0 Å². The molecule has 0 spiro atoms. The fourth-order valence-electron chi connectivity index (χ4n) is 2.10. The molecule has 15 heteroatoms. The predicted molar refractivity (Wildman–Crippen MR) is 159 cm³/mol. The van der Waals surface area contributed by atoms with E-state index in [-0.39, 0.29) is 35.1 Å². The highest BCUT2D eigenvalue weighted by molar-refractivity contribution is 6.99. The molecule has 1 aliphatic rings. The van der Waals surface area contributed by atoms with Crippen molar-refractivity contribution in [1.82, 2.24) is 45.5 Å². The van der Waals surface area contributed by atoms with Crippen molar-refractivity contribution in [2.24, 2.45) is 22.7 Å². The standard InChI is InChI=1S/C6H10N2O.C5H8N2OS.2C5H11NO.C4H8N4/c1-4(2)6-7-5(3)9-8-6;1-3(2)4-5(8)7-9-6-4;2*1-4(2)5(7)6-3;1-3(2)4-5-7-8-6-4/h4H,3H2,1-2H3,(H,7,8);3H,1-2H3,(H,7,8);2*4H,1-3H3,(H,6,7);3H,1-2H3,(H,5,6,7,8). The van der Waals surface area contributed by atoms with Crippen molar-refractivity contribution in [3.63, 3.8) is 0 Å². The van der Waals surface area contributed by atoms with Gasteiger partial charge in [0.05, 0.1) is 0 Å². The molecule has 0 radical (unpaired) electrons. The average molecular weight is 585 g/mol. The van der Waals surface area contributed by atoms with Gasteiger partial charge in [-0.15, -0.1) is 10.2 Å². The van der Waals surface area contributed by atoms with Crippen LogP contribution >= 0.6 is 11.7 Å². The SMILES string of the molecule is C=C1N=C(C(C)C)NO1.CC(C)c1nn[nH]n1.CC(C)c1ns[nH]c1=O.CNC(=O)C(C)C.CNC(=O)C(C)C. The number of carbonyl (C=O) groups is 2. The van der Waals surface area contributed by atoms with E-state index < -0.39 is 0 Å². The summed E-state index contributed by atoms with van der Waals surface area (Å²) in [7, 11) is 3.28. The Kier molecular flexibility index (Phi) is 20.5. The third kappa shape index (κ3) is 17.8. The summed E-state index contributed by atoms with van der Waals surface area (Å²) >= 11 is 1.11. The number of H-pyrrole nitrogens is 2. The number of hydrogen-bond acceptors (Lipinski definition) is 11. The Labute approximate surface area is 241 Å². The molecule has 0 saturated carbocycles. The lowest BCUT2D eigenvalue weighted by molar-refractivity contribution is -0.124. The van der Waals surface area contributed by atoms with Crippen LogP contribution in [0.4, 0.5) is 0 Å². The minimum absolute atomic E-state index is 0.0463. The number of aliphatic imine (C=N–C) groups is 1. The van der Waals surface area contributed by atoms with Crippen LogP contribution in [-0.4, -0.2) is 61.1 Å². The van der Waals surface area contributed by atoms with Gasteiger partial charge in [0, 0.05) is 55.4 Å². The molecular weight excluding hydrogens is 536 g/mol. The first-order valence-corrected chi connectivity index (χ1v) is 13.8. The van der Waals surface area contributed by atoms with Crippen LogP contribution < -0.4 is 21.7 Å². The van der Waals surface area contributed by atoms with Crippen molar-refractivity contribution in [2.45, 2.75) is 81.1 Å². The molecule has 1 aliphatic heterocycles. The zero-order valence-corrected chi connectivity index (χ0v) is 26.7. The summed E-state index contributed by atoms with van der Waals surface area (Å²) in [6, 6.07) is 0. The zero-order valence-electron chi connectivity index (χ0n) is 25.9. The molecule has 2 aromatic rings. The third-order valence-corrected chi connectivity index (χ3v) is 5.11. The molecule has 3 heterocycles. The molecule has 0 bridgehead atoms. The first kappa shape index (κ1) is 38.5. The quantitative estimate of drug-likeness (QED) is 0.351. The summed E-state index contributed by atoms with van der Waals surface area (Å²) in [5.74, 6) is 3.47. The first-order valence-electron chi connectivity index (χ1n) is 13.0. The molecule has 14 nitrogen and oxygen atoms in total. The maximum absolute atomic E-state index is 10.8. The number of hydrogen-bond donors (Lipinski definition) is 5. The number of aromatic amines is 2. The number of tetrazole rings is 1. The number of amidine groups is 1. The van der Waals surface area contributed by atoms with Crippen molar-refractivity contribution in [2.75, 3.05) is 14.1 Å². The largest absolute Gasteiger partial charge is 0.361 e. The number of amides is 2. The molecule has 5 N–H and O–H groups in total. The van der Waals surface area contributed by atoms with Gasteiger partial charge in [0.2, 0.25) is 17.7 Å². The van der Waals surface area contributed by atoms with E-state index in [2.05, 4.69) is 57.1 Å². The highest BCUT2D eigenvalue weighted by Gasteiger charge is 2.12. The topological polar surface area (TPSA) is 192 Å². The Morgan fingerprint density at radius 1 is 0.875 bits per heavy atom. The van der Waals surface area contributed by atoms with E-state index in [1.165, 1.54) is 0 Å². The maximum Gasteiger partial charge on any atom is 0.281 e. The van der Waals surface area contributed by atoms with Crippen LogP contribution in [0.25, 0.3) is 0 Å². The van der Waals surface area contributed by atoms with Crippen LogP contribution in [0, 0.1) is 17.8 Å². The van der Waals surface area contributed by atoms with Gasteiger partial charge in [0.25, 0.3) is 5.56 Å². The van der Waals surface area contributed by atoms with Gasteiger partial charge in [-0.25, -0.2) is 5.48 Å².